The van der Waals surface area contributed by atoms with Crippen LogP contribution in [0.3, 0.4) is 0 Å². The normalized spacial score (nSPS) is 16.9. The van der Waals surface area contributed by atoms with Crippen molar-refractivity contribution in [2.75, 3.05) is 0 Å². The lowest BCUT2D eigenvalue weighted by Crippen LogP contribution is -2.30. The van der Waals surface area contributed by atoms with Gasteiger partial charge in [-0.15, -0.1) is 12.3 Å². The highest BCUT2D eigenvalue weighted by atomic mass is 16.3. The molecule has 0 bridgehead atoms. The molecule has 1 unspecified atom stereocenters. The van der Waals surface area contributed by atoms with E-state index in [2.05, 4.69) is 5.92 Å². The molecule has 0 aromatic rings. The highest BCUT2D eigenvalue weighted by molar-refractivity contribution is 4.94. The molecule has 0 saturated heterocycles. The second-order valence-corrected chi connectivity index (χ2v) is 2.89. The van der Waals surface area contributed by atoms with Gasteiger partial charge in [-0.2, -0.15) is 0 Å². The Labute approximate surface area is 57.1 Å². The van der Waals surface area contributed by atoms with E-state index < -0.39 is 5.60 Å². The first-order valence-electron chi connectivity index (χ1n) is 3.16. The number of hydrogen-bond donors (Lipinski definition) is 1. The molecule has 0 heterocycles. The minimum absolute atomic E-state index is 0.230. The van der Waals surface area contributed by atoms with Crippen LogP contribution in [0.25, 0.3) is 0 Å². The third-order valence-corrected chi connectivity index (χ3v) is 1.70. The van der Waals surface area contributed by atoms with Crippen LogP contribution >= 0.6 is 0 Å². The van der Waals surface area contributed by atoms with Gasteiger partial charge in [0.05, 0.1) is 5.60 Å². The standard InChI is InChI=1S/C8H14O/c1-5-6-8(4,9)7(2)3/h1,7,9H,6H2,2-4H3. The van der Waals surface area contributed by atoms with Crippen LogP contribution in [-0.2, 0) is 0 Å². The van der Waals surface area contributed by atoms with Crippen molar-refractivity contribution in [3.63, 3.8) is 0 Å². The van der Waals surface area contributed by atoms with Gasteiger partial charge in [-0.3, -0.25) is 0 Å². The molecule has 0 radical (unpaired) electrons. The van der Waals surface area contributed by atoms with Crippen molar-refractivity contribution in [2.24, 2.45) is 5.92 Å². The van der Waals surface area contributed by atoms with Crippen molar-refractivity contribution in [1.29, 1.82) is 0 Å². The van der Waals surface area contributed by atoms with Crippen molar-refractivity contribution in [3.8, 4) is 12.3 Å². The minimum atomic E-state index is -0.686. The van der Waals surface area contributed by atoms with Gasteiger partial charge in [0.25, 0.3) is 0 Å². The molecule has 0 aromatic heterocycles. The quantitative estimate of drug-likeness (QED) is 0.555. The van der Waals surface area contributed by atoms with Crippen LogP contribution in [-0.4, -0.2) is 10.7 Å². The summed E-state index contributed by atoms with van der Waals surface area (Å²) in [5, 5.41) is 9.45. The fourth-order valence-corrected chi connectivity index (χ4v) is 0.411. The van der Waals surface area contributed by atoms with Gasteiger partial charge < -0.3 is 5.11 Å². The Morgan fingerprint density at radius 2 is 2.11 bits per heavy atom. The topological polar surface area (TPSA) is 20.2 Å². The Hall–Kier alpha value is -0.480. The average molecular weight is 126 g/mol. The Bertz CT molecular complexity index is 117. The molecule has 0 aliphatic heterocycles. The molecule has 0 aromatic carbocycles. The monoisotopic (exact) mass is 126 g/mol. The van der Waals surface area contributed by atoms with Crippen LogP contribution in [0, 0.1) is 18.3 Å². The van der Waals surface area contributed by atoms with Gasteiger partial charge in [0, 0.05) is 6.42 Å². The second-order valence-electron chi connectivity index (χ2n) is 2.89. The summed E-state index contributed by atoms with van der Waals surface area (Å²) in [6.45, 7) is 5.67. The van der Waals surface area contributed by atoms with E-state index in [9.17, 15) is 5.11 Å². The van der Waals surface area contributed by atoms with Crippen molar-refractivity contribution < 1.29 is 5.11 Å². The number of aliphatic hydroxyl groups is 1. The van der Waals surface area contributed by atoms with Crippen LogP contribution in [0.1, 0.15) is 27.2 Å². The van der Waals surface area contributed by atoms with Crippen molar-refractivity contribution in [2.45, 2.75) is 32.8 Å². The molecule has 0 aliphatic carbocycles. The van der Waals surface area contributed by atoms with Crippen molar-refractivity contribution in [1.82, 2.24) is 0 Å². The largest absolute Gasteiger partial charge is 0.389 e. The van der Waals surface area contributed by atoms with E-state index in [1.54, 1.807) is 6.92 Å². The first kappa shape index (κ1) is 8.52. The summed E-state index contributed by atoms with van der Waals surface area (Å²) >= 11 is 0. The minimum Gasteiger partial charge on any atom is -0.389 e. The van der Waals surface area contributed by atoms with Crippen LogP contribution in [0.15, 0.2) is 0 Å². The first-order valence-corrected chi connectivity index (χ1v) is 3.16. The zero-order valence-corrected chi connectivity index (χ0v) is 6.31. The molecule has 0 aliphatic rings. The maximum absolute atomic E-state index is 9.45. The average Bonchev–Trinajstić information content (AvgIpc) is 1.65. The number of rotatable bonds is 2. The van der Waals surface area contributed by atoms with Gasteiger partial charge >= 0.3 is 0 Å². The summed E-state index contributed by atoms with van der Waals surface area (Å²) in [5.74, 6) is 2.67. The molecular weight excluding hydrogens is 112 g/mol. The fraction of sp³-hybridized carbons (Fsp3) is 0.750. The van der Waals surface area contributed by atoms with E-state index in [1.165, 1.54) is 0 Å². The molecule has 52 valence electrons. The van der Waals surface area contributed by atoms with Gasteiger partial charge in [0.1, 0.15) is 0 Å². The molecule has 9 heavy (non-hydrogen) atoms. The summed E-state index contributed by atoms with van der Waals surface area (Å²) in [5.41, 5.74) is -0.686. The van der Waals surface area contributed by atoms with E-state index >= 15 is 0 Å². The second kappa shape index (κ2) is 2.89. The number of terminal acetylenes is 1. The number of hydrogen-bond acceptors (Lipinski definition) is 1. The Kier molecular flexibility index (Phi) is 2.73. The molecular formula is C8H14O. The molecule has 0 amide bonds. The third kappa shape index (κ3) is 2.53. The predicted octanol–water partition coefficient (Wildman–Crippen LogP) is 1.42. The van der Waals surface area contributed by atoms with Gasteiger partial charge in [0.15, 0.2) is 0 Å². The van der Waals surface area contributed by atoms with Gasteiger partial charge in [-0.05, 0) is 12.8 Å². The van der Waals surface area contributed by atoms with Gasteiger partial charge in [-0.25, -0.2) is 0 Å². The first-order chi connectivity index (χ1) is 4.00. The summed E-state index contributed by atoms with van der Waals surface area (Å²) in [6, 6.07) is 0. The third-order valence-electron chi connectivity index (χ3n) is 1.70. The Morgan fingerprint density at radius 1 is 1.67 bits per heavy atom. The lowest BCUT2D eigenvalue weighted by molar-refractivity contribution is 0.0186. The maximum atomic E-state index is 9.45. The van der Waals surface area contributed by atoms with Crippen LogP contribution in [0.4, 0.5) is 0 Å². The summed E-state index contributed by atoms with van der Waals surface area (Å²) < 4.78 is 0. The van der Waals surface area contributed by atoms with E-state index in [1.807, 2.05) is 13.8 Å². The maximum Gasteiger partial charge on any atom is 0.0751 e. The van der Waals surface area contributed by atoms with E-state index in [4.69, 9.17) is 6.42 Å². The fourth-order valence-electron chi connectivity index (χ4n) is 0.411. The van der Waals surface area contributed by atoms with E-state index in [-0.39, 0.29) is 5.92 Å². The van der Waals surface area contributed by atoms with Crippen LogP contribution < -0.4 is 0 Å². The molecule has 0 saturated carbocycles. The molecule has 0 fully saturated rings. The molecule has 1 nitrogen and oxygen atoms in total. The SMILES string of the molecule is C#CCC(C)(O)C(C)C. The predicted molar refractivity (Wildman–Crippen MR) is 38.9 cm³/mol. The van der Waals surface area contributed by atoms with Crippen molar-refractivity contribution >= 4 is 0 Å². The van der Waals surface area contributed by atoms with E-state index in [0.29, 0.717) is 6.42 Å². The zero-order valence-electron chi connectivity index (χ0n) is 6.31. The summed E-state index contributed by atoms with van der Waals surface area (Å²) in [7, 11) is 0. The van der Waals surface area contributed by atoms with E-state index in [0.717, 1.165) is 0 Å². The molecule has 1 atom stereocenters. The Morgan fingerprint density at radius 3 is 2.22 bits per heavy atom. The van der Waals surface area contributed by atoms with Gasteiger partial charge in [0.2, 0.25) is 0 Å². The van der Waals surface area contributed by atoms with Crippen molar-refractivity contribution in [3.05, 3.63) is 0 Å². The lowest BCUT2D eigenvalue weighted by Gasteiger charge is -2.24. The van der Waals surface area contributed by atoms with Gasteiger partial charge in [-0.1, -0.05) is 13.8 Å². The molecule has 0 spiro atoms. The smallest absolute Gasteiger partial charge is 0.0751 e. The summed E-state index contributed by atoms with van der Waals surface area (Å²) in [4.78, 5) is 0. The highest BCUT2D eigenvalue weighted by Gasteiger charge is 2.22. The molecule has 0 rings (SSSR count). The lowest BCUT2D eigenvalue weighted by atomic mass is 9.90. The summed E-state index contributed by atoms with van der Waals surface area (Å²) in [6.07, 6.45) is 5.48. The molecule has 1 heteroatoms. The highest BCUT2D eigenvalue weighted by Crippen LogP contribution is 2.18. The Balaban J connectivity index is 3.89. The van der Waals surface area contributed by atoms with Crippen LogP contribution in [0.5, 0.6) is 0 Å². The molecule has 1 N–H and O–H groups in total. The van der Waals surface area contributed by atoms with Crippen LogP contribution in [0.2, 0.25) is 0 Å². The zero-order chi connectivity index (χ0) is 7.49.